The summed E-state index contributed by atoms with van der Waals surface area (Å²) in [6.07, 6.45) is 9.72. The number of carbonyl (C=O) groups excluding carboxylic acids is 4. The van der Waals surface area contributed by atoms with E-state index in [0.717, 1.165) is 51.4 Å². The Bertz CT molecular complexity index is 1120. The van der Waals surface area contributed by atoms with Crippen LogP contribution in [0.15, 0.2) is 24.3 Å². The van der Waals surface area contributed by atoms with Crippen molar-refractivity contribution >= 4 is 69.9 Å². The monoisotopic (exact) mass is 630 g/mol. The minimum Gasteiger partial charge on any atom is -0.416 e. The molecular weight excluding hydrogens is 598 g/mol. The molecule has 0 amide bonds. The van der Waals surface area contributed by atoms with Gasteiger partial charge in [0.05, 0.1) is 21.2 Å². The first-order valence-electron chi connectivity index (χ1n) is 13.6. The molecule has 0 aliphatic carbocycles. The Hall–Kier alpha value is -2.12. The number of hydrogen-bond acceptors (Lipinski definition) is 6. The third kappa shape index (κ3) is 10.7. The van der Waals surface area contributed by atoms with Crippen LogP contribution in [0.4, 0.5) is 0 Å². The molecule has 40 heavy (non-hydrogen) atoms. The van der Waals surface area contributed by atoms with Gasteiger partial charge in [-0.2, -0.15) is 0 Å². The predicted octanol–water partition coefficient (Wildman–Crippen LogP) is 9.90. The molecular formula is C30H34Cl4O6. The summed E-state index contributed by atoms with van der Waals surface area (Å²) in [6, 6.07) is 5.26. The Kier molecular flexibility index (Phi) is 15.0. The number of ketones is 2. The van der Waals surface area contributed by atoms with Crippen LogP contribution in [0.5, 0.6) is 11.5 Å². The van der Waals surface area contributed by atoms with Gasteiger partial charge in [-0.3, -0.25) is 9.59 Å². The van der Waals surface area contributed by atoms with Crippen LogP contribution in [0, 0.1) is 0 Å². The lowest BCUT2D eigenvalue weighted by Gasteiger charge is -2.14. The number of Topliss-reactive ketones (excluding diaryl/α,β-unsaturated/α-hetero) is 2. The minimum absolute atomic E-state index is 0.0161. The van der Waals surface area contributed by atoms with Crippen LogP contribution < -0.4 is 9.47 Å². The van der Waals surface area contributed by atoms with Gasteiger partial charge in [0.15, 0.2) is 23.1 Å². The highest BCUT2D eigenvalue weighted by Crippen LogP contribution is 2.36. The predicted molar refractivity (Wildman–Crippen MR) is 160 cm³/mol. The van der Waals surface area contributed by atoms with Crippen LogP contribution >= 0.6 is 46.4 Å². The fraction of sp³-hybridized carbons (Fsp3) is 0.467. The van der Waals surface area contributed by atoms with Crippen LogP contribution in [0.25, 0.3) is 0 Å². The summed E-state index contributed by atoms with van der Waals surface area (Å²) in [5.74, 6) is -4.15. The van der Waals surface area contributed by atoms with Crippen molar-refractivity contribution in [3.8, 4) is 11.5 Å². The van der Waals surface area contributed by atoms with Crippen molar-refractivity contribution in [3.05, 3.63) is 55.5 Å². The standard InChI is InChI=1S/C30H34Cl4O6/c1-3-5-7-9-11-13-25(35)21-15-19(31)17-23(33)27(21)39-29(37)30(38)40-28-22(16-20(32)18-24(28)34)26(36)14-12-10-8-6-4-2/h15-18H,3-14H2,1-2H3. The highest BCUT2D eigenvalue weighted by Gasteiger charge is 2.28. The summed E-state index contributed by atoms with van der Waals surface area (Å²) in [6.45, 7) is 4.19. The molecule has 2 aromatic rings. The lowest BCUT2D eigenvalue weighted by Crippen LogP contribution is -2.27. The fourth-order valence-corrected chi connectivity index (χ4v) is 5.12. The molecule has 0 N–H and O–H groups in total. The summed E-state index contributed by atoms with van der Waals surface area (Å²) < 4.78 is 10.4. The fourth-order valence-electron chi connectivity index (χ4n) is 4.06. The van der Waals surface area contributed by atoms with Gasteiger partial charge in [-0.15, -0.1) is 0 Å². The number of esters is 2. The lowest BCUT2D eigenvalue weighted by molar-refractivity contribution is -0.156. The summed E-state index contributed by atoms with van der Waals surface area (Å²) in [7, 11) is 0. The van der Waals surface area contributed by atoms with Crippen LogP contribution in [0.1, 0.15) is 112 Å². The molecule has 0 fully saturated rings. The van der Waals surface area contributed by atoms with Crippen LogP contribution in [-0.2, 0) is 9.59 Å². The molecule has 0 aliphatic heterocycles. The van der Waals surface area contributed by atoms with E-state index in [1.807, 2.05) is 0 Å². The molecule has 2 aromatic carbocycles. The second-order valence-electron chi connectivity index (χ2n) is 9.48. The molecule has 0 spiro atoms. The maximum Gasteiger partial charge on any atom is 0.423 e. The van der Waals surface area contributed by atoms with Crippen molar-refractivity contribution in [1.29, 1.82) is 0 Å². The van der Waals surface area contributed by atoms with E-state index < -0.39 is 11.9 Å². The van der Waals surface area contributed by atoms with Gasteiger partial charge in [0.1, 0.15) is 0 Å². The number of halogens is 4. The Morgan fingerprint density at radius 1 is 0.550 bits per heavy atom. The second kappa shape index (κ2) is 17.6. The van der Waals surface area contributed by atoms with E-state index in [9.17, 15) is 19.2 Å². The van der Waals surface area contributed by atoms with Crippen molar-refractivity contribution in [2.45, 2.75) is 90.9 Å². The third-order valence-electron chi connectivity index (χ3n) is 6.19. The quantitative estimate of drug-likeness (QED) is 0.0602. The summed E-state index contributed by atoms with van der Waals surface area (Å²) >= 11 is 24.6. The average molecular weight is 632 g/mol. The lowest BCUT2D eigenvalue weighted by atomic mass is 10.0. The first-order valence-corrected chi connectivity index (χ1v) is 15.1. The van der Waals surface area contributed by atoms with Gasteiger partial charge in [-0.25, -0.2) is 9.59 Å². The summed E-state index contributed by atoms with van der Waals surface area (Å²) in [4.78, 5) is 51.3. The summed E-state index contributed by atoms with van der Waals surface area (Å²) in [5.41, 5.74) is -0.0322. The molecule has 0 aromatic heterocycles. The molecule has 218 valence electrons. The normalized spacial score (nSPS) is 10.8. The number of unbranched alkanes of at least 4 members (excludes halogenated alkanes) is 8. The van der Waals surface area contributed by atoms with Crippen molar-refractivity contribution in [2.75, 3.05) is 0 Å². The largest absolute Gasteiger partial charge is 0.423 e. The Labute approximate surface area is 255 Å². The number of rotatable bonds is 16. The molecule has 0 saturated carbocycles. The van der Waals surface area contributed by atoms with Crippen molar-refractivity contribution < 1.29 is 28.7 Å². The zero-order chi connectivity index (χ0) is 29.7. The van der Waals surface area contributed by atoms with E-state index >= 15 is 0 Å². The molecule has 0 unspecified atom stereocenters. The maximum atomic E-state index is 12.9. The van der Waals surface area contributed by atoms with E-state index in [1.165, 1.54) is 24.3 Å². The Morgan fingerprint density at radius 3 is 1.25 bits per heavy atom. The second-order valence-corrected chi connectivity index (χ2v) is 11.2. The molecule has 10 heteroatoms. The molecule has 0 saturated heterocycles. The van der Waals surface area contributed by atoms with E-state index in [4.69, 9.17) is 55.9 Å². The first kappa shape index (κ1) is 34.1. The Morgan fingerprint density at radius 2 is 0.900 bits per heavy atom. The van der Waals surface area contributed by atoms with Crippen LogP contribution in [0.2, 0.25) is 20.1 Å². The van der Waals surface area contributed by atoms with E-state index in [-0.39, 0.29) is 67.1 Å². The number of carbonyl (C=O) groups is 4. The molecule has 2 rings (SSSR count). The van der Waals surface area contributed by atoms with Gasteiger partial charge < -0.3 is 9.47 Å². The summed E-state index contributed by atoms with van der Waals surface area (Å²) in [5, 5.41) is 0.109. The average Bonchev–Trinajstić information content (AvgIpc) is 2.90. The first-order chi connectivity index (χ1) is 19.1. The van der Waals surface area contributed by atoms with Crippen LogP contribution in [-0.4, -0.2) is 23.5 Å². The van der Waals surface area contributed by atoms with Gasteiger partial charge in [0, 0.05) is 22.9 Å². The molecule has 0 atom stereocenters. The van der Waals surface area contributed by atoms with E-state index in [2.05, 4.69) is 13.8 Å². The third-order valence-corrected chi connectivity index (χ3v) is 7.19. The molecule has 0 heterocycles. The van der Waals surface area contributed by atoms with Crippen molar-refractivity contribution in [1.82, 2.24) is 0 Å². The zero-order valence-corrected chi connectivity index (χ0v) is 25.8. The molecule has 0 bridgehead atoms. The highest BCUT2D eigenvalue weighted by molar-refractivity contribution is 6.38. The molecule has 0 aliphatic rings. The molecule has 0 radical (unpaired) electrons. The number of benzene rings is 2. The van der Waals surface area contributed by atoms with E-state index in [0.29, 0.717) is 12.8 Å². The topological polar surface area (TPSA) is 86.7 Å². The zero-order valence-electron chi connectivity index (χ0n) is 22.8. The number of ether oxygens (including phenoxy) is 2. The SMILES string of the molecule is CCCCCCCC(=O)c1cc(Cl)cc(Cl)c1OC(=O)C(=O)Oc1c(Cl)cc(Cl)cc1C(=O)CCCCCCC. The Balaban J connectivity index is 2.18. The highest BCUT2D eigenvalue weighted by atomic mass is 35.5. The van der Waals surface area contributed by atoms with Gasteiger partial charge in [0.25, 0.3) is 0 Å². The van der Waals surface area contributed by atoms with Gasteiger partial charge >= 0.3 is 11.9 Å². The van der Waals surface area contributed by atoms with Crippen molar-refractivity contribution in [2.24, 2.45) is 0 Å². The van der Waals surface area contributed by atoms with Gasteiger partial charge in [-0.05, 0) is 37.1 Å². The van der Waals surface area contributed by atoms with Crippen LogP contribution in [0.3, 0.4) is 0 Å². The van der Waals surface area contributed by atoms with Crippen molar-refractivity contribution in [3.63, 3.8) is 0 Å². The van der Waals surface area contributed by atoms with Gasteiger partial charge in [-0.1, -0.05) is 112 Å². The van der Waals surface area contributed by atoms with Gasteiger partial charge in [0.2, 0.25) is 0 Å². The smallest absolute Gasteiger partial charge is 0.416 e. The minimum atomic E-state index is -1.45. The number of hydrogen-bond donors (Lipinski definition) is 0. The van der Waals surface area contributed by atoms with E-state index in [1.54, 1.807) is 0 Å². The molecule has 6 nitrogen and oxygen atoms in total. The maximum absolute atomic E-state index is 12.9.